The van der Waals surface area contributed by atoms with Crippen molar-refractivity contribution >= 4 is 15.9 Å². The third-order valence-corrected chi connectivity index (χ3v) is 3.18. The minimum Gasteiger partial charge on any atom is -0.392 e. The second-order valence-electron chi connectivity index (χ2n) is 4.13. The van der Waals surface area contributed by atoms with Gasteiger partial charge in [0.25, 0.3) is 0 Å². The van der Waals surface area contributed by atoms with E-state index in [1.165, 1.54) is 0 Å². The quantitative estimate of drug-likeness (QED) is 0.884. The lowest BCUT2D eigenvalue weighted by molar-refractivity contribution is 0.0985. The van der Waals surface area contributed by atoms with E-state index >= 15 is 0 Å². The Morgan fingerprint density at radius 2 is 1.80 bits per heavy atom. The van der Waals surface area contributed by atoms with Crippen LogP contribution in [0.3, 0.4) is 0 Å². The molecule has 0 saturated carbocycles. The van der Waals surface area contributed by atoms with Gasteiger partial charge < -0.3 is 10.8 Å². The van der Waals surface area contributed by atoms with Crippen molar-refractivity contribution < 1.29 is 5.11 Å². The smallest absolute Gasteiger partial charge is 0.0643 e. The summed E-state index contributed by atoms with van der Waals surface area (Å²) in [6, 6.07) is 7.97. The van der Waals surface area contributed by atoms with Crippen LogP contribution in [-0.4, -0.2) is 17.8 Å². The zero-order chi connectivity index (χ0) is 11.4. The predicted molar refractivity (Wildman–Crippen MR) is 66.8 cm³/mol. The summed E-state index contributed by atoms with van der Waals surface area (Å²) in [6.07, 6.45) is -0.379. The molecule has 2 atom stereocenters. The van der Waals surface area contributed by atoms with Crippen molar-refractivity contribution in [2.75, 3.05) is 6.54 Å². The van der Waals surface area contributed by atoms with Crippen LogP contribution >= 0.6 is 15.9 Å². The van der Waals surface area contributed by atoms with Gasteiger partial charge in [0.05, 0.1) is 6.10 Å². The summed E-state index contributed by atoms with van der Waals surface area (Å²) >= 11 is 3.39. The molecule has 1 aromatic carbocycles. The second-order valence-corrected chi connectivity index (χ2v) is 5.04. The van der Waals surface area contributed by atoms with E-state index in [2.05, 4.69) is 15.9 Å². The number of aliphatic hydroxyl groups is 1. The first-order valence-corrected chi connectivity index (χ1v) is 5.99. The Hall–Kier alpha value is -0.380. The van der Waals surface area contributed by atoms with Crippen LogP contribution in [0, 0.1) is 5.92 Å². The molecule has 0 aliphatic heterocycles. The van der Waals surface area contributed by atoms with Gasteiger partial charge in [-0.25, -0.2) is 0 Å². The summed E-state index contributed by atoms with van der Waals surface area (Å²) < 4.78 is 1.04. The molecule has 1 aromatic rings. The van der Waals surface area contributed by atoms with Crippen LogP contribution in [0.5, 0.6) is 0 Å². The lowest BCUT2D eigenvalue weighted by Crippen LogP contribution is -2.29. The van der Waals surface area contributed by atoms with Gasteiger partial charge in [-0.3, -0.25) is 0 Å². The Morgan fingerprint density at radius 3 is 2.20 bits per heavy atom. The molecular formula is C12H18BrNO. The number of nitrogens with two attached hydrogens (primary N) is 1. The van der Waals surface area contributed by atoms with Crippen molar-refractivity contribution in [1.29, 1.82) is 0 Å². The number of hydrogen-bond acceptors (Lipinski definition) is 2. The lowest BCUT2D eigenvalue weighted by Gasteiger charge is -2.24. The number of benzene rings is 1. The summed E-state index contributed by atoms with van der Waals surface area (Å²) in [5.74, 6) is 0.250. The number of halogens is 1. The van der Waals surface area contributed by atoms with Crippen molar-refractivity contribution in [1.82, 2.24) is 0 Å². The van der Waals surface area contributed by atoms with Crippen LogP contribution in [0.1, 0.15) is 25.3 Å². The zero-order valence-corrected chi connectivity index (χ0v) is 10.7. The number of rotatable bonds is 4. The Labute approximate surface area is 99.6 Å². The van der Waals surface area contributed by atoms with Crippen LogP contribution in [0.15, 0.2) is 28.7 Å². The van der Waals surface area contributed by atoms with Crippen molar-refractivity contribution in [3.8, 4) is 0 Å². The average Bonchev–Trinajstić information content (AvgIpc) is 2.21. The van der Waals surface area contributed by atoms with Gasteiger partial charge in [0.1, 0.15) is 0 Å². The zero-order valence-electron chi connectivity index (χ0n) is 9.15. The minimum atomic E-state index is -0.379. The Balaban J connectivity index is 2.87. The molecule has 84 valence electrons. The SMILES string of the molecule is CC(C)C(O)C(CN)c1ccc(Br)cc1. The molecule has 0 aromatic heterocycles. The van der Waals surface area contributed by atoms with E-state index in [1.807, 2.05) is 38.1 Å². The summed E-state index contributed by atoms with van der Waals surface area (Å²) in [4.78, 5) is 0. The van der Waals surface area contributed by atoms with Crippen molar-refractivity contribution in [2.45, 2.75) is 25.9 Å². The molecule has 0 saturated heterocycles. The van der Waals surface area contributed by atoms with E-state index in [9.17, 15) is 5.11 Å². The van der Waals surface area contributed by atoms with Crippen molar-refractivity contribution in [2.24, 2.45) is 11.7 Å². The molecule has 0 aliphatic rings. The Morgan fingerprint density at radius 1 is 1.27 bits per heavy atom. The highest BCUT2D eigenvalue weighted by molar-refractivity contribution is 9.10. The molecule has 3 heteroatoms. The van der Waals surface area contributed by atoms with Gasteiger partial charge >= 0.3 is 0 Å². The molecular weight excluding hydrogens is 254 g/mol. The van der Waals surface area contributed by atoms with Gasteiger partial charge in [-0.1, -0.05) is 41.9 Å². The molecule has 0 heterocycles. The van der Waals surface area contributed by atoms with Gasteiger partial charge in [0.2, 0.25) is 0 Å². The van der Waals surface area contributed by atoms with Crippen LogP contribution in [-0.2, 0) is 0 Å². The van der Waals surface area contributed by atoms with Crippen molar-refractivity contribution in [3.63, 3.8) is 0 Å². The first-order valence-electron chi connectivity index (χ1n) is 5.20. The fraction of sp³-hybridized carbons (Fsp3) is 0.500. The predicted octanol–water partition coefficient (Wildman–Crippen LogP) is 2.51. The molecule has 2 unspecified atom stereocenters. The molecule has 0 aliphatic carbocycles. The fourth-order valence-corrected chi connectivity index (χ4v) is 1.91. The van der Waals surface area contributed by atoms with E-state index < -0.39 is 0 Å². The molecule has 3 N–H and O–H groups in total. The standard InChI is InChI=1S/C12H18BrNO/c1-8(2)12(15)11(7-14)9-3-5-10(13)6-4-9/h3-6,8,11-12,15H,7,14H2,1-2H3. The fourth-order valence-electron chi connectivity index (χ4n) is 1.65. The van der Waals surface area contributed by atoms with E-state index in [0.29, 0.717) is 6.54 Å². The molecule has 0 radical (unpaired) electrons. The molecule has 0 spiro atoms. The molecule has 0 fully saturated rings. The van der Waals surface area contributed by atoms with Crippen LogP contribution in [0.2, 0.25) is 0 Å². The minimum absolute atomic E-state index is 0.0260. The monoisotopic (exact) mass is 271 g/mol. The lowest BCUT2D eigenvalue weighted by atomic mass is 9.87. The summed E-state index contributed by atoms with van der Waals surface area (Å²) in [7, 11) is 0. The summed E-state index contributed by atoms with van der Waals surface area (Å²) in [5, 5.41) is 10.0. The summed E-state index contributed by atoms with van der Waals surface area (Å²) in [6.45, 7) is 4.49. The topological polar surface area (TPSA) is 46.2 Å². The van der Waals surface area contributed by atoms with Gasteiger partial charge in [0.15, 0.2) is 0 Å². The van der Waals surface area contributed by atoms with Crippen LogP contribution < -0.4 is 5.73 Å². The number of aliphatic hydroxyl groups excluding tert-OH is 1. The highest BCUT2D eigenvalue weighted by Gasteiger charge is 2.22. The summed E-state index contributed by atoms with van der Waals surface area (Å²) in [5.41, 5.74) is 6.81. The number of hydrogen-bond donors (Lipinski definition) is 2. The average molecular weight is 272 g/mol. The van der Waals surface area contributed by atoms with Crippen LogP contribution in [0.4, 0.5) is 0 Å². The maximum atomic E-state index is 10.0. The largest absolute Gasteiger partial charge is 0.392 e. The van der Waals surface area contributed by atoms with Gasteiger partial charge in [-0.2, -0.15) is 0 Å². The Bertz CT molecular complexity index is 297. The first-order chi connectivity index (χ1) is 7.06. The van der Waals surface area contributed by atoms with E-state index in [4.69, 9.17) is 5.73 Å². The molecule has 2 nitrogen and oxygen atoms in total. The second kappa shape index (κ2) is 5.64. The molecule has 1 rings (SSSR count). The molecule has 0 amide bonds. The van der Waals surface area contributed by atoms with E-state index in [1.54, 1.807) is 0 Å². The van der Waals surface area contributed by atoms with Gasteiger partial charge in [-0.05, 0) is 23.6 Å². The van der Waals surface area contributed by atoms with Gasteiger partial charge in [-0.15, -0.1) is 0 Å². The third kappa shape index (κ3) is 3.30. The van der Waals surface area contributed by atoms with Gasteiger partial charge in [0, 0.05) is 16.9 Å². The highest BCUT2D eigenvalue weighted by Crippen LogP contribution is 2.24. The first kappa shape index (κ1) is 12.7. The highest BCUT2D eigenvalue weighted by atomic mass is 79.9. The molecule has 0 bridgehead atoms. The van der Waals surface area contributed by atoms with E-state index in [-0.39, 0.29) is 17.9 Å². The maximum absolute atomic E-state index is 10.0. The van der Waals surface area contributed by atoms with Crippen molar-refractivity contribution in [3.05, 3.63) is 34.3 Å². The van der Waals surface area contributed by atoms with E-state index in [0.717, 1.165) is 10.0 Å². The Kier molecular flexibility index (Phi) is 4.77. The van der Waals surface area contributed by atoms with Crippen LogP contribution in [0.25, 0.3) is 0 Å². The molecule has 15 heavy (non-hydrogen) atoms. The normalized spacial score (nSPS) is 15.3. The third-order valence-electron chi connectivity index (χ3n) is 2.65. The maximum Gasteiger partial charge on any atom is 0.0643 e.